The fourth-order valence-electron chi connectivity index (χ4n) is 4.05. The average Bonchev–Trinajstić information content (AvgIpc) is 3.36. The van der Waals surface area contributed by atoms with Crippen molar-refractivity contribution in [1.82, 2.24) is 25.4 Å². The van der Waals surface area contributed by atoms with E-state index in [-0.39, 0.29) is 24.4 Å². The van der Waals surface area contributed by atoms with E-state index in [0.29, 0.717) is 55.7 Å². The molecule has 1 saturated heterocycles. The van der Waals surface area contributed by atoms with Crippen LogP contribution in [0.1, 0.15) is 15.2 Å². The highest BCUT2D eigenvalue weighted by Crippen LogP contribution is 2.35. The van der Waals surface area contributed by atoms with Crippen molar-refractivity contribution >= 4 is 44.9 Å². The minimum atomic E-state index is -0.722. The number of aliphatic hydroxyl groups excluding tert-OH is 1. The number of halogens is 1. The molecule has 12 nitrogen and oxygen atoms in total. The molecule has 4 aromatic rings. The minimum absolute atomic E-state index is 0.0530. The highest BCUT2D eigenvalue weighted by Gasteiger charge is 2.22. The normalized spacial score (nSPS) is 13.6. The Balaban J connectivity index is 1.52. The summed E-state index contributed by atoms with van der Waals surface area (Å²) in [6.45, 7) is 2.93. The van der Waals surface area contributed by atoms with Gasteiger partial charge in [-0.3, -0.25) is 10.0 Å². The van der Waals surface area contributed by atoms with Gasteiger partial charge in [-0.1, -0.05) is 0 Å². The van der Waals surface area contributed by atoms with Crippen molar-refractivity contribution in [2.45, 2.75) is 6.54 Å². The number of benzene rings is 1. The molecular weight excluding hydrogens is 515 g/mol. The summed E-state index contributed by atoms with van der Waals surface area (Å²) in [6, 6.07) is 6.44. The third kappa shape index (κ3) is 5.33. The lowest BCUT2D eigenvalue weighted by atomic mass is 10.2. The molecule has 1 fully saturated rings. The van der Waals surface area contributed by atoms with Gasteiger partial charge >= 0.3 is 0 Å². The summed E-state index contributed by atoms with van der Waals surface area (Å²) >= 11 is 1.51. The first kappa shape index (κ1) is 25.7. The van der Waals surface area contributed by atoms with Gasteiger partial charge in [0, 0.05) is 42.5 Å². The van der Waals surface area contributed by atoms with Crippen molar-refractivity contribution in [2.75, 3.05) is 55.0 Å². The van der Waals surface area contributed by atoms with Gasteiger partial charge < -0.3 is 25.4 Å². The minimum Gasteiger partial charge on any atom is -0.396 e. The van der Waals surface area contributed by atoms with E-state index in [1.807, 2.05) is 6.07 Å². The molecule has 5 N–H and O–H groups in total. The molecule has 5 rings (SSSR count). The van der Waals surface area contributed by atoms with Crippen molar-refractivity contribution < 1.29 is 24.2 Å². The SMILES string of the molecule is Nc1ccc(-c2nc(N3CCOCC3)c3sc(CN(CCO)c4ncc(C(=O)NO)cn4)cc3n2)cc1F. The molecule has 0 aliphatic carbocycles. The molecule has 0 atom stereocenters. The number of fused-ring (bicyclic) bond motifs is 1. The number of ether oxygens (including phenoxy) is 1. The van der Waals surface area contributed by atoms with Gasteiger partial charge in [-0.05, 0) is 24.3 Å². The average molecular weight is 541 g/mol. The quantitative estimate of drug-likeness (QED) is 0.146. The first-order valence-corrected chi connectivity index (χ1v) is 12.6. The Kier molecular flexibility index (Phi) is 7.55. The van der Waals surface area contributed by atoms with E-state index in [1.54, 1.807) is 16.4 Å². The van der Waals surface area contributed by atoms with Crippen LogP contribution in [-0.2, 0) is 11.3 Å². The number of morpholine rings is 1. The molecule has 14 heteroatoms. The number of thiophene rings is 1. The lowest BCUT2D eigenvalue weighted by Crippen LogP contribution is -2.36. The van der Waals surface area contributed by atoms with Gasteiger partial charge in [-0.25, -0.2) is 29.8 Å². The number of hydroxylamine groups is 1. The number of rotatable bonds is 8. The maximum atomic E-state index is 14.2. The topological polar surface area (TPSA) is 163 Å². The molecule has 0 unspecified atom stereocenters. The number of hydrogen-bond acceptors (Lipinski definition) is 12. The molecule has 0 spiro atoms. The number of nitrogens with zero attached hydrogens (tertiary/aromatic N) is 6. The summed E-state index contributed by atoms with van der Waals surface area (Å²) in [6.07, 6.45) is 2.59. The second kappa shape index (κ2) is 11.2. The summed E-state index contributed by atoms with van der Waals surface area (Å²) in [4.78, 5) is 34.4. The van der Waals surface area contributed by atoms with E-state index in [1.165, 1.54) is 35.9 Å². The molecule has 1 aromatic carbocycles. The Hall–Kier alpha value is -3.98. The van der Waals surface area contributed by atoms with Crippen LogP contribution in [0.5, 0.6) is 0 Å². The van der Waals surface area contributed by atoms with Gasteiger partial charge in [0.2, 0.25) is 5.95 Å². The number of carbonyl (C=O) groups is 1. The van der Waals surface area contributed by atoms with E-state index >= 15 is 0 Å². The van der Waals surface area contributed by atoms with Crippen LogP contribution < -0.4 is 21.0 Å². The van der Waals surface area contributed by atoms with Gasteiger partial charge in [-0.2, -0.15) is 0 Å². The molecule has 1 amide bonds. The number of hydrogen-bond donors (Lipinski definition) is 4. The fraction of sp³-hybridized carbons (Fsp3) is 0.292. The van der Waals surface area contributed by atoms with Crippen molar-refractivity contribution in [1.29, 1.82) is 0 Å². The van der Waals surface area contributed by atoms with Crippen LogP contribution in [0.4, 0.5) is 21.8 Å². The van der Waals surface area contributed by atoms with Crippen molar-refractivity contribution in [3.05, 3.63) is 52.9 Å². The van der Waals surface area contributed by atoms with Crippen LogP contribution in [0.15, 0.2) is 36.7 Å². The first-order valence-electron chi connectivity index (χ1n) is 11.8. The number of anilines is 3. The van der Waals surface area contributed by atoms with E-state index in [4.69, 9.17) is 25.6 Å². The molecule has 0 radical (unpaired) electrons. The lowest BCUT2D eigenvalue weighted by Gasteiger charge is -2.28. The van der Waals surface area contributed by atoms with Gasteiger partial charge in [-0.15, -0.1) is 11.3 Å². The molecule has 1 aliphatic heterocycles. The summed E-state index contributed by atoms with van der Waals surface area (Å²) in [7, 11) is 0. The largest absolute Gasteiger partial charge is 0.396 e. The number of nitrogens with two attached hydrogens (primary N) is 1. The van der Waals surface area contributed by atoms with Crippen LogP contribution >= 0.6 is 11.3 Å². The van der Waals surface area contributed by atoms with E-state index < -0.39 is 11.7 Å². The van der Waals surface area contributed by atoms with Gasteiger partial charge in [0.25, 0.3) is 5.91 Å². The third-order valence-electron chi connectivity index (χ3n) is 5.98. The predicted molar refractivity (Wildman–Crippen MR) is 140 cm³/mol. The number of aromatic nitrogens is 4. The number of nitrogens with one attached hydrogen (secondary N) is 1. The maximum Gasteiger partial charge on any atom is 0.277 e. The van der Waals surface area contributed by atoms with E-state index in [9.17, 15) is 14.3 Å². The van der Waals surface area contributed by atoms with Crippen LogP contribution in [-0.4, -0.2) is 75.6 Å². The predicted octanol–water partition coefficient (Wildman–Crippen LogP) is 1.82. The second-order valence-electron chi connectivity index (χ2n) is 8.49. The zero-order valence-corrected chi connectivity index (χ0v) is 21.0. The highest BCUT2D eigenvalue weighted by atomic mass is 32.1. The smallest absolute Gasteiger partial charge is 0.277 e. The van der Waals surface area contributed by atoms with E-state index in [0.717, 1.165) is 15.4 Å². The standard InChI is InChI=1S/C24H25FN8O4S/c25-17-9-14(1-2-18(17)26)21-29-19-10-16(38-20(19)22(30-21)32-4-7-37-8-5-32)13-33(3-6-34)24-27-11-15(12-28-24)23(35)31-36/h1-2,9-12,34,36H,3-8,13,26H2,(H,31,35). The van der Waals surface area contributed by atoms with Crippen molar-refractivity contribution in [2.24, 2.45) is 0 Å². The first-order chi connectivity index (χ1) is 18.5. The van der Waals surface area contributed by atoms with Crippen LogP contribution in [0, 0.1) is 5.82 Å². The van der Waals surface area contributed by atoms with Crippen LogP contribution in [0.3, 0.4) is 0 Å². The Morgan fingerprint density at radius 1 is 1.21 bits per heavy atom. The van der Waals surface area contributed by atoms with E-state index in [2.05, 4.69) is 14.9 Å². The summed E-state index contributed by atoms with van der Waals surface area (Å²) in [5.41, 5.74) is 8.57. The molecule has 0 bridgehead atoms. The molecule has 38 heavy (non-hydrogen) atoms. The fourth-order valence-corrected chi connectivity index (χ4v) is 5.18. The highest BCUT2D eigenvalue weighted by molar-refractivity contribution is 7.19. The van der Waals surface area contributed by atoms with Crippen molar-refractivity contribution in [3.63, 3.8) is 0 Å². The Morgan fingerprint density at radius 3 is 2.66 bits per heavy atom. The van der Waals surface area contributed by atoms with Gasteiger partial charge in [0.15, 0.2) is 11.6 Å². The maximum absolute atomic E-state index is 14.2. The Bertz CT molecular complexity index is 1450. The molecule has 4 heterocycles. The number of nitrogen functional groups attached to an aromatic ring is 1. The monoisotopic (exact) mass is 540 g/mol. The zero-order valence-electron chi connectivity index (χ0n) is 20.2. The number of carbonyl (C=O) groups excluding carboxylic acids is 1. The second-order valence-corrected chi connectivity index (χ2v) is 9.63. The lowest BCUT2D eigenvalue weighted by molar-refractivity contribution is 0.0705. The molecule has 1 aliphatic rings. The van der Waals surface area contributed by atoms with Crippen LogP contribution in [0.25, 0.3) is 21.6 Å². The molecule has 3 aromatic heterocycles. The third-order valence-corrected chi connectivity index (χ3v) is 7.08. The van der Waals surface area contributed by atoms with Crippen LogP contribution in [0.2, 0.25) is 0 Å². The Morgan fingerprint density at radius 2 is 1.97 bits per heavy atom. The summed E-state index contributed by atoms with van der Waals surface area (Å²) in [5.74, 6) is 0.179. The zero-order chi connectivity index (χ0) is 26.6. The molecular formula is C24H25FN8O4S. The summed E-state index contributed by atoms with van der Waals surface area (Å²) in [5, 5.41) is 18.5. The Labute approximate surface area is 220 Å². The summed E-state index contributed by atoms with van der Waals surface area (Å²) < 4.78 is 20.6. The van der Waals surface area contributed by atoms with Gasteiger partial charge in [0.05, 0.1) is 47.8 Å². The number of amides is 1. The van der Waals surface area contributed by atoms with Gasteiger partial charge in [0.1, 0.15) is 5.82 Å². The van der Waals surface area contributed by atoms with Crippen molar-refractivity contribution in [3.8, 4) is 11.4 Å². The molecule has 0 saturated carbocycles. The molecule has 198 valence electrons. The number of aliphatic hydroxyl groups is 1.